The van der Waals surface area contributed by atoms with Gasteiger partial charge in [0.15, 0.2) is 5.60 Å². The van der Waals surface area contributed by atoms with Crippen molar-refractivity contribution in [2.75, 3.05) is 7.11 Å². The van der Waals surface area contributed by atoms with Crippen LogP contribution in [0.2, 0.25) is 0 Å². The highest BCUT2D eigenvalue weighted by Gasteiger charge is 2.22. The summed E-state index contributed by atoms with van der Waals surface area (Å²) in [7, 11) is 1.59. The molecule has 1 unspecified atom stereocenters. The van der Waals surface area contributed by atoms with Crippen LogP contribution in [0.1, 0.15) is 11.1 Å². The van der Waals surface area contributed by atoms with Crippen LogP contribution in [0.25, 0.3) is 6.08 Å². The van der Waals surface area contributed by atoms with E-state index >= 15 is 0 Å². The average Bonchev–Trinajstić information content (AvgIpc) is 2.53. The number of benzene rings is 2. The lowest BCUT2D eigenvalue weighted by Gasteiger charge is -2.18. The lowest BCUT2D eigenvalue weighted by atomic mass is 9.93. The molecule has 2 heteroatoms. The Hall–Kier alpha value is -2.50. The molecule has 1 N–H and O–H groups in total. The molecular weight excluding hydrogens is 248 g/mol. The normalized spacial score (nSPS) is 13.7. The van der Waals surface area contributed by atoms with Crippen LogP contribution in [0.4, 0.5) is 0 Å². The number of methoxy groups -OCH3 is 1. The Morgan fingerprint density at radius 2 is 1.75 bits per heavy atom. The minimum Gasteiger partial charge on any atom is -0.497 e. The predicted octanol–water partition coefficient (Wildman–Crippen LogP) is 3.23. The van der Waals surface area contributed by atoms with Crippen LogP contribution in [0.5, 0.6) is 5.75 Å². The van der Waals surface area contributed by atoms with Crippen molar-refractivity contribution in [2.24, 2.45) is 0 Å². The van der Waals surface area contributed by atoms with E-state index in [4.69, 9.17) is 11.2 Å². The van der Waals surface area contributed by atoms with Gasteiger partial charge in [0.25, 0.3) is 0 Å². The molecule has 0 saturated carbocycles. The topological polar surface area (TPSA) is 29.5 Å². The number of rotatable bonds is 4. The summed E-state index contributed by atoms with van der Waals surface area (Å²) in [6.07, 6.45) is 8.92. The summed E-state index contributed by atoms with van der Waals surface area (Å²) >= 11 is 0. The van der Waals surface area contributed by atoms with Crippen molar-refractivity contribution in [1.82, 2.24) is 0 Å². The fourth-order valence-corrected chi connectivity index (χ4v) is 1.85. The zero-order valence-electron chi connectivity index (χ0n) is 11.3. The Morgan fingerprint density at radius 1 is 1.10 bits per heavy atom. The Labute approximate surface area is 119 Å². The second-order valence-corrected chi connectivity index (χ2v) is 4.38. The van der Waals surface area contributed by atoms with Gasteiger partial charge < -0.3 is 9.84 Å². The molecule has 2 nitrogen and oxygen atoms in total. The molecule has 20 heavy (non-hydrogen) atoms. The van der Waals surface area contributed by atoms with E-state index in [9.17, 15) is 5.11 Å². The minimum atomic E-state index is -1.43. The molecule has 0 spiro atoms. The van der Waals surface area contributed by atoms with E-state index in [0.717, 1.165) is 11.3 Å². The quantitative estimate of drug-likeness (QED) is 0.859. The Kier molecular flexibility index (Phi) is 4.24. The van der Waals surface area contributed by atoms with Gasteiger partial charge in [0.1, 0.15) is 5.75 Å². The van der Waals surface area contributed by atoms with Gasteiger partial charge in [-0.15, -0.1) is 6.42 Å². The van der Waals surface area contributed by atoms with Crippen LogP contribution in [-0.2, 0) is 5.60 Å². The summed E-state index contributed by atoms with van der Waals surface area (Å²) in [6, 6.07) is 16.8. The highest BCUT2D eigenvalue weighted by atomic mass is 16.5. The van der Waals surface area contributed by atoms with E-state index in [1.54, 1.807) is 37.5 Å². The van der Waals surface area contributed by atoms with Gasteiger partial charge >= 0.3 is 0 Å². The third-order valence-corrected chi connectivity index (χ3v) is 3.07. The van der Waals surface area contributed by atoms with Crippen molar-refractivity contribution in [1.29, 1.82) is 0 Å². The number of terminal acetylenes is 1. The van der Waals surface area contributed by atoms with Crippen molar-refractivity contribution in [3.05, 3.63) is 71.8 Å². The van der Waals surface area contributed by atoms with Gasteiger partial charge in [-0.3, -0.25) is 0 Å². The van der Waals surface area contributed by atoms with Gasteiger partial charge in [-0.05, 0) is 23.8 Å². The summed E-state index contributed by atoms with van der Waals surface area (Å²) in [5.41, 5.74) is 0.185. The van der Waals surface area contributed by atoms with Gasteiger partial charge in [-0.25, -0.2) is 0 Å². The van der Waals surface area contributed by atoms with Gasteiger partial charge in [0.2, 0.25) is 0 Å². The van der Waals surface area contributed by atoms with Gasteiger partial charge in [0, 0.05) is 5.56 Å². The van der Waals surface area contributed by atoms with Crippen molar-refractivity contribution in [3.63, 3.8) is 0 Å². The van der Waals surface area contributed by atoms with E-state index in [-0.39, 0.29) is 0 Å². The molecule has 1 atom stereocenters. The maximum atomic E-state index is 10.6. The van der Waals surface area contributed by atoms with Crippen LogP contribution in [-0.4, -0.2) is 12.2 Å². The second kappa shape index (κ2) is 6.10. The first-order valence-corrected chi connectivity index (χ1v) is 6.27. The fraction of sp³-hybridized carbons (Fsp3) is 0.111. The molecule has 0 amide bonds. The summed E-state index contributed by atoms with van der Waals surface area (Å²) in [5, 5.41) is 10.6. The minimum absolute atomic E-state index is 0.632. The van der Waals surface area contributed by atoms with Gasteiger partial charge in [-0.2, -0.15) is 0 Å². The maximum absolute atomic E-state index is 10.6. The van der Waals surface area contributed by atoms with Crippen LogP contribution >= 0.6 is 0 Å². The third kappa shape index (κ3) is 3.09. The zero-order chi connectivity index (χ0) is 14.4. The molecule has 0 aliphatic carbocycles. The average molecular weight is 264 g/mol. The molecule has 0 heterocycles. The van der Waals surface area contributed by atoms with Crippen molar-refractivity contribution >= 4 is 6.08 Å². The Morgan fingerprint density at radius 3 is 2.30 bits per heavy atom. The van der Waals surface area contributed by atoms with E-state index in [1.165, 1.54) is 0 Å². The molecular formula is C18H16O2. The van der Waals surface area contributed by atoms with Gasteiger partial charge in [-0.1, -0.05) is 54.5 Å². The summed E-state index contributed by atoms with van der Waals surface area (Å²) in [6.45, 7) is 0. The lowest BCUT2D eigenvalue weighted by molar-refractivity contribution is 0.155. The molecule has 2 aromatic rings. The molecule has 0 bridgehead atoms. The van der Waals surface area contributed by atoms with Crippen LogP contribution in [0.3, 0.4) is 0 Å². The Bertz CT molecular complexity index is 621. The molecule has 0 fully saturated rings. The zero-order valence-corrected chi connectivity index (χ0v) is 11.3. The molecule has 0 aromatic heterocycles. The molecule has 0 saturated heterocycles. The van der Waals surface area contributed by atoms with Crippen LogP contribution < -0.4 is 4.74 Å². The smallest absolute Gasteiger partial charge is 0.169 e. The summed E-state index contributed by atoms with van der Waals surface area (Å²) in [4.78, 5) is 0. The first-order chi connectivity index (χ1) is 9.68. The SMILES string of the molecule is C#CC(O)(C=Cc1ccccc1)c1ccc(OC)cc1. The van der Waals surface area contributed by atoms with Gasteiger partial charge in [0.05, 0.1) is 7.11 Å². The second-order valence-electron chi connectivity index (χ2n) is 4.38. The highest BCUT2D eigenvalue weighted by Crippen LogP contribution is 2.25. The lowest BCUT2D eigenvalue weighted by Crippen LogP contribution is -2.19. The summed E-state index contributed by atoms with van der Waals surface area (Å²) in [5.74, 6) is 3.15. The first-order valence-electron chi connectivity index (χ1n) is 6.27. The molecule has 0 aliphatic rings. The predicted molar refractivity (Wildman–Crippen MR) is 81.2 cm³/mol. The molecule has 0 radical (unpaired) electrons. The van der Waals surface area contributed by atoms with E-state index < -0.39 is 5.60 Å². The summed E-state index contributed by atoms with van der Waals surface area (Å²) < 4.78 is 5.09. The van der Waals surface area contributed by atoms with E-state index in [0.29, 0.717) is 5.56 Å². The number of ether oxygens (including phenoxy) is 1. The van der Waals surface area contributed by atoms with Crippen molar-refractivity contribution in [2.45, 2.75) is 5.60 Å². The third-order valence-electron chi connectivity index (χ3n) is 3.07. The molecule has 0 aliphatic heterocycles. The van der Waals surface area contributed by atoms with Crippen LogP contribution in [0.15, 0.2) is 60.7 Å². The maximum Gasteiger partial charge on any atom is 0.169 e. The highest BCUT2D eigenvalue weighted by molar-refractivity contribution is 5.53. The fourth-order valence-electron chi connectivity index (χ4n) is 1.85. The van der Waals surface area contributed by atoms with Crippen molar-refractivity contribution < 1.29 is 9.84 Å². The number of aliphatic hydroxyl groups is 1. The monoisotopic (exact) mass is 264 g/mol. The molecule has 100 valence electrons. The first kappa shape index (κ1) is 13.9. The molecule has 2 aromatic carbocycles. The largest absolute Gasteiger partial charge is 0.497 e. The molecule has 2 rings (SSSR count). The number of hydrogen-bond donors (Lipinski definition) is 1. The standard InChI is InChI=1S/C18H16O2/c1-3-18(19,14-13-15-7-5-4-6-8-15)16-9-11-17(20-2)12-10-16/h1,4-14,19H,2H3. The van der Waals surface area contributed by atoms with Crippen molar-refractivity contribution in [3.8, 4) is 18.1 Å². The number of hydrogen-bond acceptors (Lipinski definition) is 2. The van der Waals surface area contributed by atoms with E-state index in [1.807, 2.05) is 36.4 Å². The van der Waals surface area contributed by atoms with E-state index in [2.05, 4.69) is 5.92 Å². The van der Waals surface area contributed by atoms with Crippen LogP contribution in [0, 0.1) is 12.3 Å². The Balaban J connectivity index is 2.29.